The zero-order chi connectivity index (χ0) is 28.5. The first-order valence-corrected chi connectivity index (χ1v) is 13.2. The molecule has 1 aliphatic rings. The van der Waals surface area contributed by atoms with Crippen LogP contribution in [0.5, 0.6) is 11.5 Å². The molecule has 1 atom stereocenters. The molecule has 0 amide bonds. The smallest absolute Gasteiger partial charge is 0.163 e. The van der Waals surface area contributed by atoms with Gasteiger partial charge in [-0.15, -0.1) is 0 Å². The number of hydrogen-bond donors (Lipinski definition) is 1. The molecule has 1 saturated heterocycles. The molecule has 210 valence electrons. The molecule has 1 N–H and O–H groups in total. The Morgan fingerprint density at radius 3 is 2.61 bits per heavy atom. The van der Waals surface area contributed by atoms with Gasteiger partial charge in [-0.2, -0.15) is 0 Å². The second-order valence-electron chi connectivity index (χ2n) is 8.69. The van der Waals surface area contributed by atoms with Crippen molar-refractivity contribution in [2.24, 2.45) is 0 Å². The Morgan fingerprint density at radius 2 is 2.00 bits per heavy atom. The largest absolute Gasteiger partial charge is 0.493 e. The molecule has 1 unspecified atom stereocenters. The van der Waals surface area contributed by atoms with Gasteiger partial charge in [0.05, 0.1) is 13.7 Å². The van der Waals surface area contributed by atoms with Crippen molar-refractivity contribution >= 4 is 35.3 Å². The van der Waals surface area contributed by atoms with Crippen LogP contribution in [0.3, 0.4) is 0 Å². The number of carbonyl (C=O) groups is 1. The van der Waals surface area contributed by atoms with Gasteiger partial charge in [0, 0.05) is 47.2 Å². The summed E-state index contributed by atoms with van der Waals surface area (Å²) < 4.78 is 17.8. The summed E-state index contributed by atoms with van der Waals surface area (Å²) in [5.74, 6) is 1.70. The number of carbonyl (C=O) groups excluding carboxylic acids is 1. The predicted molar refractivity (Wildman–Crippen MR) is 156 cm³/mol. The Labute approximate surface area is 237 Å². The quantitative estimate of drug-likeness (QED) is 0.283. The van der Waals surface area contributed by atoms with Crippen LogP contribution in [0.1, 0.15) is 39.0 Å². The molecule has 2 heterocycles. The number of aryl methyl sites for hydroxylation is 2. The van der Waals surface area contributed by atoms with Gasteiger partial charge in [0.2, 0.25) is 0 Å². The second kappa shape index (κ2) is 18.6. The molecule has 1 aliphatic heterocycles. The molecule has 0 saturated carbocycles. The average molecular weight is 568 g/mol. The van der Waals surface area contributed by atoms with E-state index in [0.717, 1.165) is 30.6 Å². The van der Waals surface area contributed by atoms with Crippen LogP contribution in [-0.4, -0.2) is 66.7 Å². The first kappa shape index (κ1) is 33.4. The van der Waals surface area contributed by atoms with E-state index >= 15 is 0 Å². The fourth-order valence-corrected chi connectivity index (χ4v) is 3.62. The number of rotatable bonds is 9. The van der Waals surface area contributed by atoms with Gasteiger partial charge in [-0.05, 0) is 71.4 Å². The third kappa shape index (κ3) is 12.7. The summed E-state index contributed by atoms with van der Waals surface area (Å²) in [6.45, 7) is 14.3. The topological polar surface area (TPSA) is 85.8 Å². The normalized spacial score (nSPS) is 16.4. The van der Waals surface area contributed by atoms with E-state index in [-0.39, 0.29) is 6.10 Å². The van der Waals surface area contributed by atoms with Crippen molar-refractivity contribution in [2.45, 2.75) is 53.7 Å². The van der Waals surface area contributed by atoms with Crippen LogP contribution >= 0.6 is 23.2 Å². The van der Waals surface area contributed by atoms with Gasteiger partial charge in [0.15, 0.2) is 11.5 Å². The maximum atomic E-state index is 8.81. The molecular formula is C28H40Cl2N4O4. The number of anilines is 1. The highest BCUT2D eigenvalue weighted by Gasteiger charge is 2.23. The number of hydrogen-bond acceptors (Lipinski definition) is 8. The number of methoxy groups -OCH3 is 1. The fraction of sp³-hybridized carbons (Fsp3) is 0.464. The van der Waals surface area contributed by atoms with E-state index in [4.69, 9.17) is 42.2 Å². The van der Waals surface area contributed by atoms with E-state index in [9.17, 15) is 0 Å². The van der Waals surface area contributed by atoms with Gasteiger partial charge in [0.25, 0.3) is 0 Å². The minimum Gasteiger partial charge on any atom is -0.493 e. The van der Waals surface area contributed by atoms with Crippen LogP contribution in [-0.2, 0) is 9.53 Å². The van der Waals surface area contributed by atoms with Gasteiger partial charge in [-0.25, -0.2) is 9.97 Å². The zero-order valence-corrected chi connectivity index (χ0v) is 24.8. The molecule has 0 aliphatic carbocycles. The van der Waals surface area contributed by atoms with Crippen LogP contribution in [0.25, 0.3) is 0 Å². The van der Waals surface area contributed by atoms with E-state index in [0.29, 0.717) is 47.3 Å². The number of allylic oxidation sites excluding steroid dienone is 4. The van der Waals surface area contributed by atoms with E-state index in [1.807, 2.05) is 26.0 Å². The van der Waals surface area contributed by atoms with E-state index in [1.54, 1.807) is 32.3 Å². The van der Waals surface area contributed by atoms with Crippen molar-refractivity contribution in [2.75, 3.05) is 38.7 Å². The Hall–Kier alpha value is -2.65. The van der Waals surface area contributed by atoms with E-state index < -0.39 is 0 Å². The lowest BCUT2D eigenvalue weighted by molar-refractivity contribution is -0.106. The van der Waals surface area contributed by atoms with Gasteiger partial charge < -0.3 is 24.3 Å². The van der Waals surface area contributed by atoms with Crippen molar-refractivity contribution < 1.29 is 19.0 Å². The summed E-state index contributed by atoms with van der Waals surface area (Å²) in [5, 5.41) is 3.88. The number of ether oxygens (including phenoxy) is 3. The van der Waals surface area contributed by atoms with Crippen molar-refractivity contribution in [1.29, 1.82) is 0 Å². The fourth-order valence-electron chi connectivity index (χ4n) is 3.43. The van der Waals surface area contributed by atoms with Crippen LogP contribution in [0, 0.1) is 13.8 Å². The summed E-state index contributed by atoms with van der Waals surface area (Å²) in [6, 6.07) is 4.18. The highest BCUT2D eigenvalue weighted by atomic mass is 35.5. The Morgan fingerprint density at radius 1 is 1.29 bits per heavy atom. The maximum absolute atomic E-state index is 8.81. The standard InChI is InChI=1S/C26H36Cl2N4O3.C2H4O/c1-18(2)32-10-11-34-23(15-32)16-35-25-14-21(5)29-17-30-26(19(3)12-24(25)33-6)31-22(8-7-9-27)13-20(4)28;1-2-3/h7-9,12-14,17-18,23H,10-11,15-16H2,1-6H3,(H,29,30,31);2H,1H3/b9-7+,20-13+,22-8+;. The molecular weight excluding hydrogens is 527 g/mol. The monoisotopic (exact) mass is 566 g/mol. The first-order valence-electron chi connectivity index (χ1n) is 12.4. The lowest BCUT2D eigenvalue weighted by Crippen LogP contribution is -2.47. The molecule has 0 spiro atoms. The molecule has 1 aromatic heterocycles. The summed E-state index contributed by atoms with van der Waals surface area (Å²) in [7, 11) is 1.61. The molecule has 0 radical (unpaired) electrons. The van der Waals surface area contributed by atoms with Crippen molar-refractivity contribution in [3.8, 4) is 11.5 Å². The summed E-state index contributed by atoms with van der Waals surface area (Å²) >= 11 is 11.8. The molecule has 10 heteroatoms. The van der Waals surface area contributed by atoms with Crippen LogP contribution < -0.4 is 14.8 Å². The van der Waals surface area contributed by atoms with E-state index in [1.165, 1.54) is 18.8 Å². The molecule has 8 nitrogen and oxygen atoms in total. The zero-order valence-electron chi connectivity index (χ0n) is 23.3. The van der Waals surface area contributed by atoms with Gasteiger partial charge >= 0.3 is 0 Å². The highest BCUT2D eigenvalue weighted by molar-refractivity contribution is 6.29. The van der Waals surface area contributed by atoms with Crippen LogP contribution in [0.15, 0.2) is 53.0 Å². The molecule has 1 fully saturated rings. The Bertz CT molecular complexity index is 1040. The third-order valence-electron chi connectivity index (χ3n) is 5.26. The Balaban J connectivity index is 0.00000229. The van der Waals surface area contributed by atoms with Gasteiger partial charge in [0.1, 0.15) is 31.1 Å². The predicted octanol–water partition coefficient (Wildman–Crippen LogP) is 6.11. The lowest BCUT2D eigenvalue weighted by Gasteiger charge is -2.35. The SMILES string of the molecule is CC=O.COc1cc(C)c(NC(/C=C(\C)Cl)=C/C=C/Cl)ncnc(C)cc1OCC1CN(C(C)C)CCO1. The summed E-state index contributed by atoms with van der Waals surface area (Å²) in [4.78, 5) is 20.1. The Kier molecular flexibility index (Phi) is 16.3. The van der Waals surface area contributed by atoms with Crippen LogP contribution in [0.4, 0.5) is 5.82 Å². The molecule has 1 aromatic rings. The van der Waals surface area contributed by atoms with Gasteiger partial charge in [-0.3, -0.25) is 4.90 Å². The highest BCUT2D eigenvalue weighted by Crippen LogP contribution is 2.28. The number of nitrogens with zero attached hydrogens (tertiary/aromatic N) is 3. The molecule has 0 bridgehead atoms. The van der Waals surface area contributed by atoms with E-state index in [2.05, 4.69) is 34.0 Å². The molecule has 38 heavy (non-hydrogen) atoms. The minimum absolute atomic E-state index is 0.0264. The third-order valence-corrected chi connectivity index (χ3v) is 5.52. The summed E-state index contributed by atoms with van der Waals surface area (Å²) in [6.07, 6.45) is 7.49. The minimum atomic E-state index is -0.0264. The lowest BCUT2D eigenvalue weighted by atomic mass is 10.2. The second-order valence-corrected chi connectivity index (χ2v) is 9.54. The number of morpholine rings is 1. The van der Waals surface area contributed by atoms with Crippen LogP contribution in [0.2, 0.25) is 0 Å². The van der Waals surface area contributed by atoms with Gasteiger partial charge in [-0.1, -0.05) is 23.2 Å². The number of aldehydes is 1. The number of nitrogens with one attached hydrogen (secondary N) is 1. The molecule has 2 rings (SSSR count). The maximum Gasteiger partial charge on any atom is 0.163 e. The number of aromatic nitrogens is 2. The number of halogens is 2. The molecule has 0 aromatic carbocycles. The summed E-state index contributed by atoms with van der Waals surface area (Å²) in [5.41, 5.74) is 3.65. The van der Waals surface area contributed by atoms with Crippen molar-refractivity contribution in [1.82, 2.24) is 14.9 Å². The van der Waals surface area contributed by atoms with Crippen molar-refractivity contribution in [3.63, 3.8) is 0 Å². The average Bonchev–Trinajstić information content (AvgIpc) is 2.87. The first-order chi connectivity index (χ1) is 18.1. The van der Waals surface area contributed by atoms with Crippen molar-refractivity contribution in [3.05, 3.63) is 64.2 Å².